The first-order chi connectivity index (χ1) is 24.1. The molecule has 1 unspecified atom stereocenters. The summed E-state index contributed by atoms with van der Waals surface area (Å²) >= 11 is 0. The summed E-state index contributed by atoms with van der Waals surface area (Å²) < 4.78 is 32.6. The van der Waals surface area contributed by atoms with Crippen LogP contribution in [-0.2, 0) is 37.5 Å². The minimum Gasteiger partial charge on any atom is -0.480 e. The van der Waals surface area contributed by atoms with Crippen molar-refractivity contribution in [2.24, 2.45) is 5.73 Å². The lowest BCUT2D eigenvalue weighted by atomic mass is 10.0. The molecule has 11 nitrogen and oxygen atoms in total. The lowest BCUT2D eigenvalue weighted by Gasteiger charge is -2.20. The zero-order valence-electron chi connectivity index (χ0n) is 31.5. The monoisotopic (exact) mass is 733 g/mol. The summed E-state index contributed by atoms with van der Waals surface area (Å²) in [6.45, 7) is 2.77. The molecule has 0 aliphatic rings. The van der Waals surface area contributed by atoms with Gasteiger partial charge in [0, 0.05) is 12.8 Å². The average Bonchev–Trinajstić information content (AvgIpc) is 3.09. The second-order valence-electron chi connectivity index (χ2n) is 13.4. The second-order valence-corrected chi connectivity index (χ2v) is 14.9. The van der Waals surface area contributed by atoms with Crippen LogP contribution in [0.4, 0.5) is 0 Å². The van der Waals surface area contributed by atoms with Crippen molar-refractivity contribution in [3.8, 4) is 0 Å². The third-order valence-corrected chi connectivity index (χ3v) is 9.46. The van der Waals surface area contributed by atoms with E-state index >= 15 is 0 Å². The first-order valence-corrected chi connectivity index (χ1v) is 21.2. The van der Waals surface area contributed by atoms with E-state index in [4.69, 9.17) is 24.8 Å². The van der Waals surface area contributed by atoms with E-state index in [1.807, 2.05) is 0 Å². The SMILES string of the molecule is CCCCCCC/C=C/CCCCCCCC(=O)OC[C@H](COP(=O)(O)OC[C@H](N)C(=O)O)OC(=O)CCCCCCCCCCCCCC. The molecular formula is C38H72NO10P. The summed E-state index contributed by atoms with van der Waals surface area (Å²) in [5.41, 5.74) is 5.32. The molecular weight excluding hydrogens is 661 g/mol. The maximum absolute atomic E-state index is 12.5. The maximum atomic E-state index is 12.5. The molecule has 0 aromatic rings. The van der Waals surface area contributed by atoms with Crippen molar-refractivity contribution in [1.82, 2.24) is 0 Å². The number of ether oxygens (including phenoxy) is 2. The second kappa shape index (κ2) is 34.3. The molecule has 50 heavy (non-hydrogen) atoms. The summed E-state index contributed by atoms with van der Waals surface area (Å²) in [6, 6.07) is -1.52. The molecule has 4 N–H and O–H groups in total. The van der Waals surface area contributed by atoms with Crippen LogP contribution in [-0.4, -0.2) is 59.9 Å². The van der Waals surface area contributed by atoms with Crippen molar-refractivity contribution in [1.29, 1.82) is 0 Å². The van der Waals surface area contributed by atoms with Gasteiger partial charge in [-0.2, -0.15) is 0 Å². The number of carboxylic acid groups (broad SMARTS) is 1. The molecule has 0 amide bonds. The Morgan fingerprint density at radius 1 is 0.600 bits per heavy atom. The highest BCUT2D eigenvalue weighted by Crippen LogP contribution is 2.43. The van der Waals surface area contributed by atoms with Gasteiger partial charge in [-0.3, -0.25) is 23.4 Å². The predicted octanol–water partition coefficient (Wildman–Crippen LogP) is 9.73. The van der Waals surface area contributed by atoms with Gasteiger partial charge in [-0.05, 0) is 38.5 Å². The van der Waals surface area contributed by atoms with Crippen LogP contribution in [0.3, 0.4) is 0 Å². The van der Waals surface area contributed by atoms with Gasteiger partial charge < -0.3 is 25.2 Å². The molecule has 0 aromatic carbocycles. The highest BCUT2D eigenvalue weighted by Gasteiger charge is 2.28. The number of unbranched alkanes of at least 4 members (excludes halogenated alkanes) is 21. The number of esters is 2. The normalized spacial score (nSPS) is 14.0. The van der Waals surface area contributed by atoms with Crippen LogP contribution in [0.2, 0.25) is 0 Å². The van der Waals surface area contributed by atoms with E-state index in [2.05, 4.69) is 30.5 Å². The number of phosphoric acid groups is 1. The van der Waals surface area contributed by atoms with E-state index < -0.39 is 51.1 Å². The Bertz CT molecular complexity index is 916. The van der Waals surface area contributed by atoms with Gasteiger partial charge in [0.25, 0.3) is 0 Å². The fraction of sp³-hybridized carbons (Fsp3) is 0.868. The number of allylic oxidation sites excluding steroid dienone is 2. The first-order valence-electron chi connectivity index (χ1n) is 19.7. The first kappa shape index (κ1) is 48.2. The fourth-order valence-corrected chi connectivity index (χ4v) is 6.13. The number of phosphoric ester groups is 1. The predicted molar refractivity (Wildman–Crippen MR) is 199 cm³/mol. The Morgan fingerprint density at radius 3 is 1.46 bits per heavy atom. The van der Waals surface area contributed by atoms with Crippen LogP contribution in [0.25, 0.3) is 0 Å². The van der Waals surface area contributed by atoms with Gasteiger partial charge in [0.2, 0.25) is 0 Å². The third kappa shape index (κ3) is 33.4. The Labute approximate surface area is 303 Å². The molecule has 0 bridgehead atoms. The number of hydrogen-bond acceptors (Lipinski definition) is 9. The molecule has 294 valence electrons. The Morgan fingerprint density at radius 2 is 1.00 bits per heavy atom. The lowest BCUT2D eigenvalue weighted by molar-refractivity contribution is -0.161. The summed E-state index contributed by atoms with van der Waals surface area (Å²) in [4.78, 5) is 45.7. The van der Waals surface area contributed by atoms with Gasteiger partial charge >= 0.3 is 25.7 Å². The van der Waals surface area contributed by atoms with Crippen LogP contribution in [0.15, 0.2) is 12.2 Å². The topological polar surface area (TPSA) is 172 Å². The Kier molecular flexibility index (Phi) is 33.1. The number of rotatable bonds is 37. The molecule has 0 aliphatic carbocycles. The van der Waals surface area contributed by atoms with Crippen molar-refractivity contribution in [3.63, 3.8) is 0 Å². The molecule has 0 rings (SSSR count). The van der Waals surface area contributed by atoms with E-state index in [0.717, 1.165) is 57.8 Å². The summed E-state index contributed by atoms with van der Waals surface area (Å²) in [5.74, 6) is -2.38. The number of hydrogen-bond donors (Lipinski definition) is 3. The van der Waals surface area contributed by atoms with Crippen LogP contribution in [0.1, 0.15) is 181 Å². The molecule has 0 fully saturated rings. The molecule has 0 aromatic heterocycles. The van der Waals surface area contributed by atoms with Crippen molar-refractivity contribution in [3.05, 3.63) is 12.2 Å². The number of nitrogens with two attached hydrogens (primary N) is 1. The maximum Gasteiger partial charge on any atom is 0.472 e. The van der Waals surface area contributed by atoms with E-state index in [-0.39, 0.29) is 19.4 Å². The molecule has 0 heterocycles. The van der Waals surface area contributed by atoms with Gasteiger partial charge in [0.1, 0.15) is 12.6 Å². The molecule has 0 saturated heterocycles. The molecule has 0 radical (unpaired) electrons. The van der Waals surface area contributed by atoms with Gasteiger partial charge in [-0.15, -0.1) is 0 Å². The van der Waals surface area contributed by atoms with E-state index in [1.165, 1.54) is 83.5 Å². The summed E-state index contributed by atoms with van der Waals surface area (Å²) in [6.07, 6.45) is 31.3. The zero-order chi connectivity index (χ0) is 37.1. The Balaban J connectivity index is 4.42. The molecule has 0 spiro atoms. The van der Waals surface area contributed by atoms with Crippen LogP contribution in [0.5, 0.6) is 0 Å². The van der Waals surface area contributed by atoms with Gasteiger partial charge in [-0.25, -0.2) is 4.57 Å². The fourth-order valence-electron chi connectivity index (χ4n) is 5.35. The molecule has 3 atom stereocenters. The highest BCUT2D eigenvalue weighted by molar-refractivity contribution is 7.47. The number of carboxylic acids is 1. The van der Waals surface area contributed by atoms with Crippen LogP contribution >= 0.6 is 7.82 Å². The minimum atomic E-state index is -4.70. The smallest absolute Gasteiger partial charge is 0.472 e. The standard InChI is InChI=1S/C38H72NO10P/c1-3-5-7-9-11-13-15-17-18-20-21-23-25-27-29-36(40)46-31-34(32-47-50(44,45)48-33-35(39)38(42)43)49-37(41)30-28-26-24-22-19-16-14-12-10-8-6-4-2/h15,17,34-35H,3-14,16,18-33,39H2,1-2H3,(H,42,43)(H,44,45)/b17-15+/t34-,35+/m1/s1. The minimum absolute atomic E-state index is 0.164. The van der Waals surface area contributed by atoms with E-state index in [1.54, 1.807) is 0 Å². The van der Waals surface area contributed by atoms with E-state index in [0.29, 0.717) is 12.8 Å². The zero-order valence-corrected chi connectivity index (χ0v) is 32.4. The van der Waals surface area contributed by atoms with Crippen LogP contribution < -0.4 is 5.73 Å². The van der Waals surface area contributed by atoms with E-state index in [9.17, 15) is 23.8 Å². The van der Waals surface area contributed by atoms with Crippen molar-refractivity contribution in [2.75, 3.05) is 19.8 Å². The number of carbonyl (C=O) groups is 3. The lowest BCUT2D eigenvalue weighted by Crippen LogP contribution is -2.34. The van der Waals surface area contributed by atoms with Crippen molar-refractivity contribution in [2.45, 2.75) is 193 Å². The average molecular weight is 734 g/mol. The third-order valence-electron chi connectivity index (χ3n) is 8.51. The number of carbonyl (C=O) groups excluding carboxylic acids is 2. The van der Waals surface area contributed by atoms with Gasteiger partial charge in [0.15, 0.2) is 6.10 Å². The van der Waals surface area contributed by atoms with Gasteiger partial charge in [0.05, 0.1) is 13.2 Å². The largest absolute Gasteiger partial charge is 0.480 e. The van der Waals surface area contributed by atoms with Crippen LogP contribution in [0, 0.1) is 0 Å². The molecule has 0 saturated carbocycles. The summed E-state index contributed by atoms with van der Waals surface area (Å²) in [7, 11) is -4.70. The van der Waals surface area contributed by atoms with Gasteiger partial charge in [-0.1, -0.05) is 142 Å². The van der Waals surface area contributed by atoms with Crippen molar-refractivity contribution >= 4 is 25.7 Å². The molecule has 0 aliphatic heterocycles. The Hall–Kier alpha value is -1.78. The summed E-state index contributed by atoms with van der Waals surface area (Å²) in [5, 5.41) is 8.86. The molecule has 12 heteroatoms. The van der Waals surface area contributed by atoms with Crippen molar-refractivity contribution < 1.29 is 47.5 Å². The quantitative estimate of drug-likeness (QED) is 0.0240. The number of aliphatic carboxylic acids is 1. The highest BCUT2D eigenvalue weighted by atomic mass is 31.2.